The molecule has 9 nitrogen and oxygen atoms in total. The second-order valence-electron chi connectivity index (χ2n) is 10.1. The van der Waals surface area contributed by atoms with Gasteiger partial charge in [0.15, 0.2) is 17.3 Å². The number of methoxy groups -OCH3 is 1. The van der Waals surface area contributed by atoms with Crippen LogP contribution in [-0.4, -0.2) is 75.9 Å². The van der Waals surface area contributed by atoms with Crippen LogP contribution in [0.4, 0.5) is 0 Å². The van der Waals surface area contributed by atoms with E-state index in [0.29, 0.717) is 48.1 Å². The highest BCUT2D eigenvalue weighted by molar-refractivity contribution is 6.46. The summed E-state index contributed by atoms with van der Waals surface area (Å²) in [6.45, 7) is 13.1. The number of ether oxygens (including phenoxy) is 2. The van der Waals surface area contributed by atoms with E-state index in [1.54, 1.807) is 24.1 Å². The molecule has 0 radical (unpaired) electrons. The SMILES string of the molecule is CCCCOc1ccc(C2C(=C(O)c3nc4c(C)cccn4c3C)C(=O)C(=O)N2CCN(CC)CC)cc1OC. The fourth-order valence-corrected chi connectivity index (χ4v) is 5.22. The molecule has 0 saturated carbocycles. The number of aliphatic hydroxyl groups excluding tert-OH is 1. The molecule has 0 bridgehead atoms. The van der Waals surface area contributed by atoms with Crippen LogP contribution in [0.2, 0.25) is 0 Å². The number of hydrogen-bond acceptors (Lipinski definition) is 7. The number of imidazole rings is 1. The number of aliphatic hydroxyl groups is 1. The Morgan fingerprint density at radius 1 is 1.10 bits per heavy atom. The highest BCUT2D eigenvalue weighted by atomic mass is 16.5. The summed E-state index contributed by atoms with van der Waals surface area (Å²) in [5.74, 6) is -0.554. The number of benzene rings is 1. The fraction of sp³-hybridized carbons (Fsp3) is 0.452. The summed E-state index contributed by atoms with van der Waals surface area (Å²) in [6.07, 6.45) is 3.78. The van der Waals surface area contributed by atoms with Gasteiger partial charge in [-0.25, -0.2) is 4.98 Å². The van der Waals surface area contributed by atoms with Gasteiger partial charge in [-0.3, -0.25) is 9.59 Å². The van der Waals surface area contributed by atoms with Crippen molar-refractivity contribution in [1.82, 2.24) is 19.2 Å². The first-order chi connectivity index (χ1) is 19.3. The van der Waals surface area contributed by atoms with Crippen LogP contribution >= 0.6 is 0 Å². The minimum Gasteiger partial charge on any atom is -0.505 e. The largest absolute Gasteiger partial charge is 0.505 e. The molecule has 1 aromatic carbocycles. The number of carbonyl (C=O) groups is 2. The number of fused-ring (bicyclic) bond motifs is 1. The Kier molecular flexibility index (Phi) is 9.14. The first-order valence-electron chi connectivity index (χ1n) is 14.0. The maximum Gasteiger partial charge on any atom is 0.295 e. The van der Waals surface area contributed by atoms with E-state index in [1.165, 1.54) is 0 Å². The van der Waals surface area contributed by atoms with Crippen LogP contribution in [0, 0.1) is 13.8 Å². The maximum absolute atomic E-state index is 13.6. The number of amides is 1. The van der Waals surface area contributed by atoms with Crippen molar-refractivity contribution in [2.75, 3.05) is 39.9 Å². The molecule has 3 heterocycles. The molecular weight excluding hydrogens is 508 g/mol. The zero-order chi connectivity index (χ0) is 29.0. The molecule has 1 unspecified atom stereocenters. The summed E-state index contributed by atoms with van der Waals surface area (Å²) < 4.78 is 13.4. The molecular formula is C31H40N4O5. The van der Waals surface area contributed by atoms with Crippen LogP contribution in [0.25, 0.3) is 11.4 Å². The second kappa shape index (κ2) is 12.6. The number of pyridine rings is 1. The molecule has 0 spiro atoms. The average Bonchev–Trinajstić information content (AvgIpc) is 3.43. The molecule has 1 saturated heterocycles. The summed E-state index contributed by atoms with van der Waals surface area (Å²) in [7, 11) is 1.56. The molecule has 1 atom stereocenters. The van der Waals surface area contributed by atoms with Gasteiger partial charge in [0.2, 0.25) is 0 Å². The van der Waals surface area contributed by atoms with E-state index in [4.69, 9.17) is 9.47 Å². The van der Waals surface area contributed by atoms with Gasteiger partial charge < -0.3 is 28.8 Å². The Hall–Kier alpha value is -3.85. The number of ketones is 1. The molecule has 1 fully saturated rings. The Labute approximate surface area is 236 Å². The van der Waals surface area contributed by atoms with E-state index in [1.807, 2.05) is 42.6 Å². The van der Waals surface area contributed by atoms with E-state index in [9.17, 15) is 14.7 Å². The molecule has 40 heavy (non-hydrogen) atoms. The van der Waals surface area contributed by atoms with Crippen molar-refractivity contribution < 1.29 is 24.2 Å². The topological polar surface area (TPSA) is 96.6 Å². The molecule has 1 aliphatic rings. The van der Waals surface area contributed by atoms with E-state index < -0.39 is 17.7 Å². The number of nitrogens with zero attached hydrogens (tertiary/aromatic N) is 4. The van der Waals surface area contributed by atoms with Crippen LogP contribution in [0.1, 0.15) is 62.2 Å². The van der Waals surface area contributed by atoms with Gasteiger partial charge in [0.1, 0.15) is 11.3 Å². The third-order valence-electron chi connectivity index (χ3n) is 7.66. The number of likely N-dealkylation sites (N-methyl/N-ethyl adjacent to an activating group) is 1. The predicted octanol–water partition coefficient (Wildman–Crippen LogP) is 4.90. The third-order valence-corrected chi connectivity index (χ3v) is 7.66. The minimum atomic E-state index is -0.806. The summed E-state index contributed by atoms with van der Waals surface area (Å²) in [6, 6.07) is 8.46. The number of aromatic nitrogens is 2. The lowest BCUT2D eigenvalue weighted by Crippen LogP contribution is -2.38. The van der Waals surface area contributed by atoms with E-state index in [0.717, 1.165) is 31.5 Å². The normalized spacial score (nSPS) is 16.9. The molecule has 214 valence electrons. The van der Waals surface area contributed by atoms with Crippen molar-refractivity contribution in [3.63, 3.8) is 0 Å². The number of Topliss-reactive ketones (excluding diaryl/α,β-unsaturated/α-hetero) is 1. The second-order valence-corrected chi connectivity index (χ2v) is 10.1. The predicted molar refractivity (Wildman–Crippen MR) is 155 cm³/mol. The van der Waals surface area contributed by atoms with Gasteiger partial charge in [-0.1, -0.05) is 39.3 Å². The van der Waals surface area contributed by atoms with Crippen molar-refractivity contribution in [3.8, 4) is 11.5 Å². The van der Waals surface area contributed by atoms with Gasteiger partial charge in [-0.05, 0) is 62.7 Å². The monoisotopic (exact) mass is 548 g/mol. The smallest absolute Gasteiger partial charge is 0.295 e. The molecule has 1 N–H and O–H groups in total. The summed E-state index contributed by atoms with van der Waals surface area (Å²) in [5.41, 5.74) is 3.26. The van der Waals surface area contributed by atoms with E-state index >= 15 is 0 Å². The van der Waals surface area contributed by atoms with Crippen molar-refractivity contribution in [2.24, 2.45) is 0 Å². The molecule has 1 amide bonds. The van der Waals surface area contributed by atoms with Gasteiger partial charge in [0.25, 0.3) is 11.7 Å². The van der Waals surface area contributed by atoms with E-state index in [-0.39, 0.29) is 17.0 Å². The van der Waals surface area contributed by atoms with Crippen molar-refractivity contribution >= 4 is 23.1 Å². The van der Waals surface area contributed by atoms with Crippen molar-refractivity contribution in [3.05, 3.63) is 64.6 Å². The number of hydrogen-bond donors (Lipinski definition) is 1. The molecule has 1 aliphatic heterocycles. The lowest BCUT2D eigenvalue weighted by Gasteiger charge is -2.28. The standard InChI is InChI=1S/C31H40N4O5/c1-7-10-18-40-23-14-13-22(19-24(23)39-6)27-25(29(37)31(38)35(27)17-16-33(8-2)9-3)28(36)26-21(5)34-15-11-12-20(4)30(34)32-26/h11-15,19,27,36H,7-10,16-18H2,1-6H3. The van der Waals surface area contributed by atoms with Gasteiger partial charge in [0, 0.05) is 19.3 Å². The zero-order valence-corrected chi connectivity index (χ0v) is 24.4. The van der Waals surface area contributed by atoms with Crippen molar-refractivity contribution in [1.29, 1.82) is 0 Å². The van der Waals surface area contributed by atoms with Crippen LogP contribution < -0.4 is 9.47 Å². The minimum absolute atomic E-state index is 0.0235. The molecule has 4 rings (SSSR count). The third kappa shape index (κ3) is 5.43. The Balaban J connectivity index is 1.86. The van der Waals surface area contributed by atoms with Gasteiger partial charge >= 0.3 is 0 Å². The molecule has 2 aromatic heterocycles. The number of likely N-dealkylation sites (tertiary alicyclic amines) is 1. The molecule has 9 heteroatoms. The van der Waals surface area contributed by atoms with Crippen LogP contribution in [0.15, 0.2) is 42.1 Å². The molecule has 3 aromatic rings. The average molecular weight is 549 g/mol. The summed E-state index contributed by atoms with van der Waals surface area (Å²) >= 11 is 0. The number of aryl methyl sites for hydroxylation is 2. The van der Waals surface area contributed by atoms with Crippen LogP contribution in [0.3, 0.4) is 0 Å². The highest BCUT2D eigenvalue weighted by Crippen LogP contribution is 2.42. The van der Waals surface area contributed by atoms with Gasteiger partial charge in [-0.15, -0.1) is 0 Å². The number of carbonyl (C=O) groups excluding carboxylic acids is 2. The quantitative estimate of drug-likeness (QED) is 0.149. The Morgan fingerprint density at radius 3 is 2.50 bits per heavy atom. The first-order valence-corrected chi connectivity index (χ1v) is 14.0. The van der Waals surface area contributed by atoms with Gasteiger partial charge in [-0.2, -0.15) is 0 Å². The van der Waals surface area contributed by atoms with Crippen LogP contribution in [-0.2, 0) is 9.59 Å². The van der Waals surface area contributed by atoms with E-state index in [2.05, 4.69) is 30.7 Å². The molecule has 0 aliphatic carbocycles. The zero-order valence-electron chi connectivity index (χ0n) is 24.4. The van der Waals surface area contributed by atoms with Gasteiger partial charge in [0.05, 0.1) is 31.0 Å². The number of rotatable bonds is 12. The lowest BCUT2D eigenvalue weighted by atomic mass is 9.96. The Morgan fingerprint density at radius 2 is 1.85 bits per heavy atom. The number of unbranched alkanes of at least 4 members (excludes halogenated alkanes) is 1. The summed E-state index contributed by atoms with van der Waals surface area (Å²) in [5, 5.41) is 11.7. The first kappa shape index (κ1) is 29.1. The Bertz CT molecular complexity index is 1420. The summed E-state index contributed by atoms with van der Waals surface area (Å²) in [4.78, 5) is 35.5. The fourth-order valence-electron chi connectivity index (χ4n) is 5.22. The van der Waals surface area contributed by atoms with Crippen LogP contribution in [0.5, 0.6) is 11.5 Å². The maximum atomic E-state index is 13.6. The highest BCUT2D eigenvalue weighted by Gasteiger charge is 2.46. The lowest BCUT2D eigenvalue weighted by molar-refractivity contribution is -0.140. The van der Waals surface area contributed by atoms with Crippen molar-refractivity contribution in [2.45, 2.75) is 53.5 Å².